The van der Waals surface area contributed by atoms with Gasteiger partial charge in [0.15, 0.2) is 5.65 Å². The van der Waals surface area contributed by atoms with Gasteiger partial charge in [-0.05, 0) is 30.7 Å². The lowest BCUT2D eigenvalue weighted by atomic mass is 10.0. The molecule has 0 aliphatic carbocycles. The second kappa shape index (κ2) is 6.70. The van der Waals surface area contributed by atoms with Gasteiger partial charge in [-0.15, -0.1) is 15.3 Å². The van der Waals surface area contributed by atoms with E-state index in [1.54, 1.807) is 21.8 Å². The van der Waals surface area contributed by atoms with E-state index in [2.05, 4.69) is 20.2 Å². The van der Waals surface area contributed by atoms with Gasteiger partial charge in [-0.25, -0.2) is 4.39 Å². The molecule has 0 unspecified atom stereocenters. The molecule has 1 aromatic carbocycles. The maximum absolute atomic E-state index is 14.0. The van der Waals surface area contributed by atoms with Crippen LogP contribution in [0.3, 0.4) is 0 Å². The van der Waals surface area contributed by atoms with Gasteiger partial charge in [0, 0.05) is 31.7 Å². The number of hydrogen-bond acceptors (Lipinski definition) is 5. The lowest BCUT2D eigenvalue weighted by Gasteiger charge is -2.35. The van der Waals surface area contributed by atoms with Crippen LogP contribution in [0.25, 0.3) is 5.65 Å². The molecule has 0 bridgehead atoms. The lowest BCUT2D eigenvalue weighted by Crippen LogP contribution is -2.49. The third-order valence-corrected chi connectivity index (χ3v) is 4.79. The number of hydrogen-bond donors (Lipinski definition) is 0. The Morgan fingerprint density at radius 3 is 2.73 bits per heavy atom. The van der Waals surface area contributed by atoms with Crippen LogP contribution in [0.2, 0.25) is 0 Å². The van der Waals surface area contributed by atoms with E-state index < -0.39 is 0 Å². The summed E-state index contributed by atoms with van der Waals surface area (Å²) >= 11 is 0. The SMILES string of the molecule is Cc1cccc(F)c1CC(=O)N1CCN(c2ccc3nncn3n2)CC1. The third-order valence-electron chi connectivity index (χ3n) is 4.79. The van der Waals surface area contributed by atoms with Crippen molar-refractivity contribution >= 4 is 17.4 Å². The molecule has 0 spiro atoms. The molecule has 2 aromatic heterocycles. The van der Waals surface area contributed by atoms with Crippen LogP contribution >= 0.6 is 0 Å². The van der Waals surface area contributed by atoms with Crippen LogP contribution in [-0.4, -0.2) is 56.8 Å². The topological polar surface area (TPSA) is 66.6 Å². The van der Waals surface area contributed by atoms with Gasteiger partial charge in [0.1, 0.15) is 18.0 Å². The van der Waals surface area contributed by atoms with Gasteiger partial charge < -0.3 is 9.80 Å². The number of rotatable bonds is 3. The maximum atomic E-state index is 14.0. The average molecular weight is 354 g/mol. The summed E-state index contributed by atoms with van der Waals surface area (Å²) in [6.45, 7) is 4.38. The maximum Gasteiger partial charge on any atom is 0.227 e. The molecule has 1 fully saturated rings. The van der Waals surface area contributed by atoms with Crippen molar-refractivity contribution in [2.45, 2.75) is 13.3 Å². The molecule has 7 nitrogen and oxygen atoms in total. The molecule has 3 aromatic rings. The molecule has 3 heterocycles. The average Bonchev–Trinajstić information content (AvgIpc) is 3.12. The summed E-state index contributed by atoms with van der Waals surface area (Å²) in [5, 5.41) is 12.3. The zero-order valence-corrected chi connectivity index (χ0v) is 14.5. The van der Waals surface area contributed by atoms with Crippen LogP contribution in [0.4, 0.5) is 10.2 Å². The standard InChI is InChI=1S/C18H19FN6O/c1-13-3-2-4-15(19)14(13)11-18(26)24-9-7-23(8-10-24)17-6-5-16-21-20-12-25(16)22-17/h2-6,12H,7-11H2,1H3. The normalized spacial score (nSPS) is 14.8. The predicted octanol–water partition coefficient (Wildman–Crippen LogP) is 1.46. The number of aromatic nitrogens is 4. The number of aryl methyl sites for hydroxylation is 1. The fourth-order valence-corrected chi connectivity index (χ4v) is 3.23. The molecule has 8 heteroatoms. The number of fused-ring (bicyclic) bond motifs is 1. The fraction of sp³-hybridized carbons (Fsp3) is 0.333. The van der Waals surface area contributed by atoms with Crippen molar-refractivity contribution in [2.75, 3.05) is 31.1 Å². The van der Waals surface area contributed by atoms with E-state index in [4.69, 9.17) is 0 Å². The van der Waals surface area contributed by atoms with Crippen molar-refractivity contribution in [1.82, 2.24) is 24.7 Å². The van der Waals surface area contributed by atoms with E-state index in [-0.39, 0.29) is 18.1 Å². The third kappa shape index (κ3) is 3.10. The minimum Gasteiger partial charge on any atom is -0.352 e. The Morgan fingerprint density at radius 2 is 1.96 bits per heavy atom. The Morgan fingerprint density at radius 1 is 1.15 bits per heavy atom. The van der Waals surface area contributed by atoms with Crippen molar-refractivity contribution in [3.8, 4) is 0 Å². The quantitative estimate of drug-likeness (QED) is 0.712. The molecular weight excluding hydrogens is 335 g/mol. The fourth-order valence-electron chi connectivity index (χ4n) is 3.23. The minimum atomic E-state index is -0.316. The van der Waals surface area contributed by atoms with Crippen molar-refractivity contribution < 1.29 is 9.18 Å². The smallest absolute Gasteiger partial charge is 0.227 e. The molecule has 4 rings (SSSR count). The number of anilines is 1. The predicted molar refractivity (Wildman–Crippen MR) is 94.4 cm³/mol. The van der Waals surface area contributed by atoms with E-state index in [1.807, 2.05) is 25.1 Å². The van der Waals surface area contributed by atoms with Crippen LogP contribution in [0.15, 0.2) is 36.7 Å². The Kier molecular flexibility index (Phi) is 4.24. The van der Waals surface area contributed by atoms with Crippen LogP contribution < -0.4 is 4.90 Å². The van der Waals surface area contributed by atoms with Gasteiger partial charge >= 0.3 is 0 Å². The highest BCUT2D eigenvalue weighted by Gasteiger charge is 2.23. The van der Waals surface area contributed by atoms with Crippen molar-refractivity contribution in [3.05, 3.63) is 53.6 Å². The summed E-state index contributed by atoms with van der Waals surface area (Å²) in [5.74, 6) is 0.470. The lowest BCUT2D eigenvalue weighted by molar-refractivity contribution is -0.130. The van der Waals surface area contributed by atoms with E-state index in [1.165, 1.54) is 6.07 Å². The summed E-state index contributed by atoms with van der Waals surface area (Å²) in [6, 6.07) is 8.67. The monoisotopic (exact) mass is 354 g/mol. The Balaban J connectivity index is 1.40. The first-order valence-electron chi connectivity index (χ1n) is 8.55. The van der Waals surface area contributed by atoms with Crippen molar-refractivity contribution in [2.24, 2.45) is 0 Å². The number of nitrogens with zero attached hydrogens (tertiary/aromatic N) is 6. The largest absolute Gasteiger partial charge is 0.352 e. The van der Waals surface area contributed by atoms with E-state index in [9.17, 15) is 9.18 Å². The number of carbonyl (C=O) groups is 1. The second-order valence-electron chi connectivity index (χ2n) is 6.41. The summed E-state index contributed by atoms with van der Waals surface area (Å²) < 4.78 is 15.6. The summed E-state index contributed by atoms with van der Waals surface area (Å²) in [4.78, 5) is 16.5. The molecule has 1 aliphatic heterocycles. The molecule has 0 saturated carbocycles. The first kappa shape index (κ1) is 16.4. The summed E-state index contributed by atoms with van der Waals surface area (Å²) in [5.41, 5.74) is 1.99. The molecular formula is C18H19FN6O. The van der Waals surface area contributed by atoms with Crippen LogP contribution in [0.1, 0.15) is 11.1 Å². The molecule has 1 amide bonds. The number of carbonyl (C=O) groups excluding carboxylic acids is 1. The van der Waals surface area contributed by atoms with Crippen molar-refractivity contribution in [1.29, 1.82) is 0 Å². The van der Waals surface area contributed by atoms with Gasteiger partial charge in [0.2, 0.25) is 5.91 Å². The molecule has 0 N–H and O–H groups in total. The van der Waals surface area contributed by atoms with Gasteiger partial charge in [-0.2, -0.15) is 4.52 Å². The molecule has 0 atom stereocenters. The number of amides is 1. The Labute approximate surface area is 150 Å². The molecule has 1 saturated heterocycles. The molecule has 0 radical (unpaired) electrons. The van der Waals surface area contributed by atoms with Gasteiger partial charge in [0.25, 0.3) is 0 Å². The van der Waals surface area contributed by atoms with E-state index >= 15 is 0 Å². The first-order chi connectivity index (χ1) is 12.6. The second-order valence-corrected chi connectivity index (χ2v) is 6.41. The number of piperazine rings is 1. The highest BCUT2D eigenvalue weighted by Crippen LogP contribution is 2.17. The number of benzene rings is 1. The molecule has 1 aliphatic rings. The summed E-state index contributed by atoms with van der Waals surface area (Å²) in [7, 11) is 0. The van der Waals surface area contributed by atoms with E-state index in [0.717, 1.165) is 11.4 Å². The first-order valence-corrected chi connectivity index (χ1v) is 8.55. The van der Waals surface area contributed by atoms with Gasteiger partial charge in [0.05, 0.1) is 6.42 Å². The van der Waals surface area contributed by atoms with Gasteiger partial charge in [-0.1, -0.05) is 12.1 Å². The van der Waals surface area contributed by atoms with E-state index in [0.29, 0.717) is 37.4 Å². The Bertz CT molecular complexity index is 928. The van der Waals surface area contributed by atoms with Crippen LogP contribution in [0.5, 0.6) is 0 Å². The zero-order chi connectivity index (χ0) is 18.1. The zero-order valence-electron chi connectivity index (χ0n) is 14.5. The highest BCUT2D eigenvalue weighted by molar-refractivity contribution is 5.79. The highest BCUT2D eigenvalue weighted by atomic mass is 19.1. The van der Waals surface area contributed by atoms with Crippen molar-refractivity contribution in [3.63, 3.8) is 0 Å². The number of halogens is 1. The molecule has 26 heavy (non-hydrogen) atoms. The van der Waals surface area contributed by atoms with Gasteiger partial charge in [-0.3, -0.25) is 4.79 Å². The minimum absolute atomic E-state index is 0.0416. The Hall–Kier alpha value is -3.03. The summed E-state index contributed by atoms with van der Waals surface area (Å²) in [6.07, 6.45) is 1.67. The van der Waals surface area contributed by atoms with Crippen LogP contribution in [-0.2, 0) is 11.2 Å². The van der Waals surface area contributed by atoms with Crippen LogP contribution in [0, 0.1) is 12.7 Å². The molecule has 134 valence electrons.